The van der Waals surface area contributed by atoms with Crippen molar-refractivity contribution < 1.29 is 75.8 Å². The summed E-state index contributed by atoms with van der Waals surface area (Å²) in [4.78, 5) is 84.1. The van der Waals surface area contributed by atoms with Crippen LogP contribution in [0.1, 0.15) is 149 Å². The molecule has 3 saturated heterocycles. The van der Waals surface area contributed by atoms with E-state index in [1.165, 1.54) is 40.2 Å². The first-order valence-electron chi connectivity index (χ1n) is 29.4. The van der Waals surface area contributed by atoms with E-state index in [9.17, 15) is 28.8 Å². The minimum absolute atomic E-state index is 0.0400. The number of nitrogen functional groups attached to an aromatic ring is 1. The molecule has 3 aliphatic rings. The second-order valence-corrected chi connectivity index (χ2v) is 28.8. The Morgan fingerprint density at radius 3 is 2.00 bits per heavy atom. The van der Waals surface area contributed by atoms with Crippen molar-refractivity contribution in [2.75, 3.05) is 64.8 Å². The number of anilines is 2. The molecule has 3 amide bonds. The molecule has 0 aromatic heterocycles. The van der Waals surface area contributed by atoms with E-state index in [0.717, 1.165) is 23.1 Å². The van der Waals surface area contributed by atoms with E-state index < -0.39 is 51.0 Å². The number of amides is 3. The lowest BCUT2D eigenvalue weighted by molar-refractivity contribution is -0.263. The topological polar surface area (TPSA) is 239 Å². The third-order valence-electron chi connectivity index (χ3n) is 16.3. The normalized spacial score (nSPS) is 20.6. The number of benzene rings is 3. The Balaban J connectivity index is 1.12. The van der Waals surface area contributed by atoms with Crippen LogP contribution in [0.25, 0.3) is 0 Å². The van der Waals surface area contributed by atoms with E-state index in [0.29, 0.717) is 94.0 Å². The van der Waals surface area contributed by atoms with Gasteiger partial charge >= 0.3 is 18.0 Å². The molecule has 7 atom stereocenters. The molecule has 466 valence electrons. The van der Waals surface area contributed by atoms with Gasteiger partial charge in [0.2, 0.25) is 12.4 Å². The summed E-state index contributed by atoms with van der Waals surface area (Å²) in [7, 11) is 0.966. The number of rotatable bonds is 27. The van der Waals surface area contributed by atoms with E-state index >= 15 is 0 Å². The number of carbonyl (C=O) groups excluding carboxylic acids is 6. The van der Waals surface area contributed by atoms with E-state index in [1.54, 1.807) is 49.1 Å². The van der Waals surface area contributed by atoms with Crippen molar-refractivity contribution in [1.29, 1.82) is 0 Å². The smallest absolute Gasteiger partial charge is 0.411 e. The van der Waals surface area contributed by atoms with Crippen LogP contribution in [0.15, 0.2) is 66.8 Å². The molecule has 0 saturated carbocycles. The lowest BCUT2D eigenvalue weighted by Gasteiger charge is -2.43. The Bertz CT molecular complexity index is 2920. The molecule has 3 heterocycles. The van der Waals surface area contributed by atoms with Crippen LogP contribution in [-0.4, -0.2) is 144 Å². The van der Waals surface area contributed by atoms with Gasteiger partial charge in [0, 0.05) is 76.9 Å². The standard InChI is InChI=1S/C64H90N4O16Si/c1-16-46-27-38(2)34-67(46)61(73)49-31-56(76-13)57(78-26-19-17-18-25-77-55-32-51(65)48(29-40(55)4)60(72)68-35-39(3)28-47(68)37-80-85(14,15)64(9,10)11)33-52(49)66-63(74)79-36-45-22-23-54(50(30-45)53(71)21-20-24-75-12)84-62-59(83-44(8)70)58(82-43(7)69)41(5)42(6)81-62/h22-23,29-33,41-42,46-47,58-59,62H,2-3,16-21,24-28,34-37,65H2,1,4-15H3,(H,66,74)/t41-,42-,46-,47+,58+,59-,62+/m1/s1. The third kappa shape index (κ3) is 17.6. The Morgan fingerprint density at radius 1 is 0.753 bits per heavy atom. The Labute approximate surface area is 502 Å². The van der Waals surface area contributed by atoms with Gasteiger partial charge in [-0.05, 0) is 112 Å². The number of Topliss-reactive ketones (excluding diaryl/α,β-unsaturated/α-hetero) is 1. The van der Waals surface area contributed by atoms with E-state index in [4.69, 9.17) is 52.8 Å². The van der Waals surface area contributed by atoms with Gasteiger partial charge in [-0.25, -0.2) is 4.79 Å². The molecule has 21 heteroatoms. The average molecular weight is 1200 g/mol. The molecule has 6 rings (SSSR count). The minimum Gasteiger partial charge on any atom is -0.493 e. The summed E-state index contributed by atoms with van der Waals surface area (Å²) in [6, 6.07) is 11.0. The zero-order valence-electron chi connectivity index (χ0n) is 52.1. The number of unbranched alkanes of at least 4 members (excludes halogenated alkanes) is 2. The molecule has 20 nitrogen and oxygen atoms in total. The molecular formula is C64H90N4O16Si. The van der Waals surface area contributed by atoms with Crippen molar-refractivity contribution in [3.05, 3.63) is 94.6 Å². The maximum absolute atomic E-state index is 14.4. The fourth-order valence-electron chi connectivity index (χ4n) is 10.3. The van der Waals surface area contributed by atoms with Crippen LogP contribution in [0.2, 0.25) is 18.1 Å². The van der Waals surface area contributed by atoms with Crippen molar-refractivity contribution in [3.8, 4) is 23.0 Å². The average Bonchev–Trinajstić information content (AvgIpc) is 2.86. The third-order valence-corrected chi connectivity index (χ3v) is 20.8. The van der Waals surface area contributed by atoms with E-state index in [2.05, 4.69) is 52.3 Å². The van der Waals surface area contributed by atoms with Gasteiger partial charge in [-0.15, -0.1) is 0 Å². The second-order valence-electron chi connectivity index (χ2n) is 24.0. The summed E-state index contributed by atoms with van der Waals surface area (Å²) in [5.41, 5.74) is 10.8. The van der Waals surface area contributed by atoms with Crippen molar-refractivity contribution in [1.82, 2.24) is 9.80 Å². The summed E-state index contributed by atoms with van der Waals surface area (Å²) < 4.78 is 59.4. The zero-order chi connectivity index (χ0) is 62.5. The molecular weight excluding hydrogens is 1110 g/mol. The van der Waals surface area contributed by atoms with Gasteiger partial charge in [-0.3, -0.25) is 29.3 Å². The SMILES string of the molecule is C=C1C[C@@H](CO[Si](C)(C)C(C)(C)C)N(C(=O)c2cc(C)c(OCCCCCOc3cc(NC(=O)OCc4ccc(O[C@@H]5O[C@H](C)[C@@H](C)[C@H](OC(C)=O)[C@H]5OC(C)=O)c(C(=O)CCCOC)c4)c(C(=O)N4CC(=C)C[C@H]4CC)cc3OC)cc2N)C1. The fourth-order valence-corrected chi connectivity index (χ4v) is 11.3. The molecule has 0 spiro atoms. The number of methoxy groups -OCH3 is 2. The Kier molecular flexibility index (Phi) is 23.6. The molecule has 0 unspecified atom stereocenters. The Hall–Kier alpha value is -6.94. The molecule has 3 aliphatic heterocycles. The van der Waals surface area contributed by atoms with Crippen LogP contribution in [0, 0.1) is 12.8 Å². The summed E-state index contributed by atoms with van der Waals surface area (Å²) in [6.07, 6.45) is -0.225. The summed E-state index contributed by atoms with van der Waals surface area (Å²) in [6.45, 7) is 31.2. The molecule has 3 fully saturated rings. The van der Waals surface area contributed by atoms with Gasteiger partial charge < -0.3 is 62.6 Å². The largest absolute Gasteiger partial charge is 0.493 e. The summed E-state index contributed by atoms with van der Waals surface area (Å²) in [5, 5.41) is 2.81. The van der Waals surface area contributed by atoms with E-state index in [1.807, 2.05) is 18.7 Å². The lowest BCUT2D eigenvalue weighted by atomic mass is 9.91. The monoisotopic (exact) mass is 1200 g/mol. The van der Waals surface area contributed by atoms with Crippen LogP contribution in [0.4, 0.5) is 16.2 Å². The summed E-state index contributed by atoms with van der Waals surface area (Å²) >= 11 is 0. The number of hydrogen-bond acceptors (Lipinski definition) is 17. The van der Waals surface area contributed by atoms with Gasteiger partial charge in [-0.1, -0.05) is 65.0 Å². The number of esters is 2. The number of nitrogens with one attached hydrogen (secondary N) is 1. The fraction of sp³-hybridized carbons (Fsp3) is 0.562. The van der Waals surface area contributed by atoms with Crippen molar-refractivity contribution >= 4 is 55.3 Å². The highest BCUT2D eigenvalue weighted by molar-refractivity contribution is 6.74. The van der Waals surface area contributed by atoms with Gasteiger partial charge in [0.1, 0.15) is 24.2 Å². The van der Waals surface area contributed by atoms with Crippen LogP contribution in [0.5, 0.6) is 23.0 Å². The van der Waals surface area contributed by atoms with Crippen LogP contribution in [0.3, 0.4) is 0 Å². The second kappa shape index (κ2) is 29.9. The van der Waals surface area contributed by atoms with Gasteiger partial charge in [0.25, 0.3) is 11.8 Å². The number of ether oxygens (including phenoxy) is 9. The van der Waals surface area contributed by atoms with Crippen LogP contribution < -0.4 is 30.0 Å². The number of likely N-dealkylation sites (tertiary alicyclic amines) is 2. The first-order chi connectivity index (χ1) is 40.2. The molecule has 0 radical (unpaired) electrons. The van der Waals surface area contributed by atoms with Gasteiger partial charge in [0.15, 0.2) is 25.6 Å². The number of hydrogen-bond donors (Lipinski definition) is 2. The zero-order valence-corrected chi connectivity index (χ0v) is 53.1. The van der Waals surface area contributed by atoms with Crippen molar-refractivity contribution in [3.63, 3.8) is 0 Å². The molecule has 85 heavy (non-hydrogen) atoms. The predicted molar refractivity (Wildman–Crippen MR) is 325 cm³/mol. The maximum Gasteiger partial charge on any atom is 0.411 e. The molecule has 0 bridgehead atoms. The van der Waals surface area contributed by atoms with Crippen LogP contribution >= 0.6 is 0 Å². The highest BCUT2D eigenvalue weighted by Crippen LogP contribution is 2.40. The van der Waals surface area contributed by atoms with Gasteiger partial charge in [-0.2, -0.15) is 0 Å². The molecule has 3 aromatic rings. The quantitative estimate of drug-likeness (QED) is 0.0137. The maximum atomic E-state index is 14.4. The number of aryl methyl sites for hydroxylation is 1. The first kappa shape index (κ1) is 67.2. The summed E-state index contributed by atoms with van der Waals surface area (Å²) in [5.74, 6) is -1.17. The van der Waals surface area contributed by atoms with Gasteiger partial charge in [0.05, 0.1) is 61.5 Å². The van der Waals surface area contributed by atoms with Crippen molar-refractivity contribution in [2.45, 2.75) is 175 Å². The number of nitrogens with zero attached hydrogens (tertiary/aromatic N) is 2. The van der Waals surface area contributed by atoms with Crippen molar-refractivity contribution in [2.24, 2.45) is 5.92 Å². The lowest BCUT2D eigenvalue weighted by Crippen LogP contribution is -2.57. The molecule has 0 aliphatic carbocycles. The molecule has 3 N–H and O–H groups in total. The number of nitrogens with two attached hydrogens (primary N) is 1. The first-order valence-corrected chi connectivity index (χ1v) is 32.3. The van der Waals surface area contributed by atoms with E-state index in [-0.39, 0.29) is 94.3 Å². The number of carbonyl (C=O) groups is 6. The highest BCUT2D eigenvalue weighted by atomic mass is 28.4. The predicted octanol–water partition coefficient (Wildman–Crippen LogP) is 11.2. The number of ketones is 1. The van der Waals surface area contributed by atoms with Crippen LogP contribution in [-0.2, 0) is 44.3 Å². The highest BCUT2D eigenvalue weighted by Gasteiger charge is 2.48. The molecule has 3 aromatic carbocycles. The Morgan fingerprint density at radius 2 is 1.38 bits per heavy atom. The minimum atomic E-state index is -2.04.